The monoisotopic (exact) mass is 359 g/mol. The van der Waals surface area contributed by atoms with Gasteiger partial charge in [0.2, 0.25) is 5.95 Å². The van der Waals surface area contributed by atoms with Gasteiger partial charge in [0.1, 0.15) is 11.5 Å². The van der Waals surface area contributed by atoms with Crippen molar-refractivity contribution in [2.45, 2.75) is 26.4 Å². The van der Waals surface area contributed by atoms with Crippen molar-refractivity contribution in [3.05, 3.63) is 42.7 Å². The Morgan fingerprint density at radius 1 is 1.08 bits per heavy atom. The lowest BCUT2D eigenvalue weighted by Gasteiger charge is -2.13. The van der Waals surface area contributed by atoms with Gasteiger partial charge in [-0.15, -0.1) is 0 Å². The molecule has 1 atom stereocenters. The van der Waals surface area contributed by atoms with Crippen molar-refractivity contribution in [3.8, 4) is 11.5 Å². The van der Waals surface area contributed by atoms with E-state index in [0.29, 0.717) is 12.4 Å². The Kier molecular flexibility index (Phi) is 7.35. The van der Waals surface area contributed by atoms with Crippen LogP contribution in [0, 0.1) is 0 Å². The second kappa shape index (κ2) is 9.97. The Morgan fingerprint density at radius 3 is 2.31 bits per heavy atom. The maximum absolute atomic E-state index is 11.9. The third-order valence-corrected chi connectivity index (χ3v) is 3.19. The summed E-state index contributed by atoms with van der Waals surface area (Å²) in [5, 5.41) is 2.46. The Morgan fingerprint density at radius 2 is 1.69 bits per heavy atom. The molecule has 0 fully saturated rings. The summed E-state index contributed by atoms with van der Waals surface area (Å²) in [4.78, 5) is 31.5. The van der Waals surface area contributed by atoms with Gasteiger partial charge in [-0.25, -0.2) is 9.97 Å². The minimum absolute atomic E-state index is 0.0205. The first-order chi connectivity index (χ1) is 12.6. The van der Waals surface area contributed by atoms with Crippen LogP contribution in [0.15, 0.2) is 42.7 Å². The molecule has 138 valence electrons. The molecule has 0 radical (unpaired) electrons. The Bertz CT molecular complexity index is 707. The Hall–Kier alpha value is -3.16. The van der Waals surface area contributed by atoms with E-state index in [2.05, 4.69) is 15.3 Å². The van der Waals surface area contributed by atoms with Crippen molar-refractivity contribution in [2.24, 2.45) is 0 Å². The largest absolute Gasteiger partial charge is 0.494 e. The second-order valence-electron chi connectivity index (χ2n) is 5.20. The summed E-state index contributed by atoms with van der Waals surface area (Å²) in [6, 6.07) is 8.71. The van der Waals surface area contributed by atoms with E-state index in [1.807, 2.05) is 6.92 Å². The highest BCUT2D eigenvalue weighted by Crippen LogP contribution is 2.17. The minimum Gasteiger partial charge on any atom is -0.494 e. The number of rotatable bonds is 9. The van der Waals surface area contributed by atoms with E-state index < -0.39 is 18.0 Å². The maximum atomic E-state index is 11.9. The Balaban J connectivity index is 1.69. The average Bonchev–Trinajstić information content (AvgIpc) is 2.64. The molecule has 1 heterocycles. The molecule has 1 aromatic heterocycles. The van der Waals surface area contributed by atoms with Crippen LogP contribution in [-0.4, -0.2) is 41.2 Å². The summed E-state index contributed by atoms with van der Waals surface area (Å²) < 4.78 is 15.9. The number of ether oxygens (including phenoxy) is 3. The highest BCUT2D eigenvalue weighted by atomic mass is 16.5. The summed E-state index contributed by atoms with van der Waals surface area (Å²) in [6.45, 7) is 4.12. The number of anilines is 1. The summed E-state index contributed by atoms with van der Waals surface area (Å²) in [7, 11) is 0. The van der Waals surface area contributed by atoms with Gasteiger partial charge < -0.3 is 14.2 Å². The lowest BCUT2D eigenvalue weighted by Crippen LogP contribution is -2.31. The van der Waals surface area contributed by atoms with Crippen molar-refractivity contribution in [3.63, 3.8) is 0 Å². The van der Waals surface area contributed by atoms with Gasteiger partial charge in [0.05, 0.1) is 19.6 Å². The molecule has 8 nitrogen and oxygen atoms in total. The predicted molar refractivity (Wildman–Crippen MR) is 93.9 cm³/mol. The molecule has 26 heavy (non-hydrogen) atoms. The smallest absolute Gasteiger partial charge is 0.310 e. The first-order valence-electron chi connectivity index (χ1n) is 8.21. The molecule has 1 amide bonds. The van der Waals surface area contributed by atoms with Crippen molar-refractivity contribution < 1.29 is 23.8 Å². The van der Waals surface area contributed by atoms with Crippen LogP contribution in [0.5, 0.6) is 11.5 Å². The third kappa shape index (κ3) is 6.39. The van der Waals surface area contributed by atoms with Gasteiger partial charge in [-0.05, 0) is 44.2 Å². The number of benzene rings is 1. The number of aromatic nitrogens is 2. The van der Waals surface area contributed by atoms with Crippen LogP contribution in [0.4, 0.5) is 5.95 Å². The fourth-order valence-corrected chi connectivity index (χ4v) is 1.94. The van der Waals surface area contributed by atoms with Gasteiger partial charge in [-0.2, -0.15) is 0 Å². The fraction of sp³-hybridized carbons (Fsp3) is 0.333. The number of esters is 1. The number of nitrogens with one attached hydrogen (secondary N) is 1. The predicted octanol–water partition coefficient (Wildman–Crippen LogP) is 2.21. The fourth-order valence-electron chi connectivity index (χ4n) is 1.94. The highest BCUT2D eigenvalue weighted by Gasteiger charge is 2.18. The minimum atomic E-state index is -0.961. The number of amides is 1. The van der Waals surface area contributed by atoms with Gasteiger partial charge >= 0.3 is 5.97 Å². The summed E-state index contributed by atoms with van der Waals surface area (Å²) in [5.41, 5.74) is 0. The molecule has 1 aromatic carbocycles. The first-order valence-corrected chi connectivity index (χ1v) is 8.21. The molecular formula is C18H21N3O5. The molecule has 1 unspecified atom stereocenters. The van der Waals surface area contributed by atoms with Crippen LogP contribution in [-0.2, 0) is 14.3 Å². The standard InChI is InChI=1S/C18H21N3O5/c1-3-24-14-5-7-15(8-6-14)25-12-9-16(22)26-13(2)17(23)21-18-19-10-4-11-20-18/h4-8,10-11,13H,3,9,12H2,1-2H3,(H,19,20,21,23). The Labute approximate surface area is 151 Å². The van der Waals surface area contributed by atoms with Crippen molar-refractivity contribution >= 4 is 17.8 Å². The van der Waals surface area contributed by atoms with E-state index >= 15 is 0 Å². The lowest BCUT2D eigenvalue weighted by molar-refractivity contribution is -0.153. The van der Waals surface area contributed by atoms with Gasteiger partial charge in [-0.3, -0.25) is 14.9 Å². The maximum Gasteiger partial charge on any atom is 0.310 e. The molecule has 8 heteroatoms. The van der Waals surface area contributed by atoms with Crippen LogP contribution >= 0.6 is 0 Å². The SMILES string of the molecule is CCOc1ccc(OCCC(=O)OC(C)C(=O)Nc2ncccn2)cc1. The highest BCUT2D eigenvalue weighted by molar-refractivity contribution is 5.93. The number of carbonyl (C=O) groups excluding carboxylic acids is 2. The normalized spacial score (nSPS) is 11.3. The molecular weight excluding hydrogens is 338 g/mol. The van der Waals surface area contributed by atoms with E-state index in [1.54, 1.807) is 30.3 Å². The van der Waals surface area contributed by atoms with Gasteiger partial charge in [-0.1, -0.05) is 0 Å². The number of nitrogens with zero attached hydrogens (tertiary/aromatic N) is 2. The number of hydrogen-bond donors (Lipinski definition) is 1. The molecule has 2 aromatic rings. The molecule has 0 aliphatic carbocycles. The van der Waals surface area contributed by atoms with Crippen LogP contribution < -0.4 is 14.8 Å². The van der Waals surface area contributed by atoms with Crippen LogP contribution in [0.2, 0.25) is 0 Å². The molecule has 0 aliphatic heterocycles. The van der Waals surface area contributed by atoms with Crippen molar-refractivity contribution in [1.29, 1.82) is 0 Å². The van der Waals surface area contributed by atoms with Crippen LogP contribution in [0.1, 0.15) is 20.3 Å². The molecule has 0 saturated heterocycles. The quantitative estimate of drug-likeness (QED) is 0.685. The molecule has 0 aliphatic rings. The van der Waals surface area contributed by atoms with E-state index in [4.69, 9.17) is 14.2 Å². The van der Waals surface area contributed by atoms with Crippen molar-refractivity contribution in [2.75, 3.05) is 18.5 Å². The summed E-state index contributed by atoms with van der Waals surface area (Å²) in [6.07, 6.45) is 2.05. The zero-order valence-corrected chi connectivity index (χ0v) is 14.7. The van der Waals surface area contributed by atoms with Gasteiger partial charge in [0, 0.05) is 12.4 Å². The van der Waals surface area contributed by atoms with E-state index in [-0.39, 0.29) is 19.0 Å². The number of hydrogen-bond acceptors (Lipinski definition) is 7. The third-order valence-electron chi connectivity index (χ3n) is 3.19. The molecule has 0 saturated carbocycles. The molecule has 0 bridgehead atoms. The van der Waals surface area contributed by atoms with E-state index in [0.717, 1.165) is 5.75 Å². The molecule has 2 rings (SSSR count). The first kappa shape index (κ1) is 19.2. The second-order valence-corrected chi connectivity index (χ2v) is 5.20. The molecule has 1 N–H and O–H groups in total. The summed E-state index contributed by atoms with van der Waals surface area (Å²) >= 11 is 0. The molecule has 0 spiro atoms. The lowest BCUT2D eigenvalue weighted by atomic mass is 10.3. The average molecular weight is 359 g/mol. The zero-order valence-electron chi connectivity index (χ0n) is 14.7. The van der Waals surface area contributed by atoms with Gasteiger partial charge in [0.25, 0.3) is 5.91 Å². The zero-order chi connectivity index (χ0) is 18.8. The van der Waals surface area contributed by atoms with Crippen LogP contribution in [0.3, 0.4) is 0 Å². The number of carbonyl (C=O) groups is 2. The van der Waals surface area contributed by atoms with E-state index in [9.17, 15) is 9.59 Å². The topological polar surface area (TPSA) is 99.6 Å². The summed E-state index contributed by atoms with van der Waals surface area (Å²) in [5.74, 6) is 0.485. The van der Waals surface area contributed by atoms with Crippen molar-refractivity contribution in [1.82, 2.24) is 9.97 Å². The van der Waals surface area contributed by atoms with Gasteiger partial charge in [0.15, 0.2) is 6.10 Å². The van der Waals surface area contributed by atoms with Crippen LogP contribution in [0.25, 0.3) is 0 Å². The van der Waals surface area contributed by atoms with E-state index in [1.165, 1.54) is 19.3 Å².